The summed E-state index contributed by atoms with van der Waals surface area (Å²) < 4.78 is 0. The zero-order valence-electron chi connectivity index (χ0n) is 26.0. The highest BCUT2D eigenvalue weighted by Gasteiger charge is 2.39. The molecule has 1 heteroatoms. The number of nitrogens with zero attached hydrogens (tertiary/aromatic N) is 1. The molecule has 46 heavy (non-hydrogen) atoms. The van der Waals surface area contributed by atoms with Crippen LogP contribution >= 0.6 is 0 Å². The fraction of sp³-hybridized carbons (Fsp3) is 0.0667. The third-order valence-electron chi connectivity index (χ3n) is 9.96. The predicted molar refractivity (Wildman–Crippen MR) is 197 cm³/mol. The van der Waals surface area contributed by atoms with Crippen LogP contribution in [0.25, 0.3) is 54.6 Å². The van der Waals surface area contributed by atoms with Gasteiger partial charge in [0.1, 0.15) is 0 Å². The third kappa shape index (κ3) is 3.95. The lowest BCUT2D eigenvalue weighted by molar-refractivity contribution is 0.672. The van der Waals surface area contributed by atoms with Gasteiger partial charge in [0.2, 0.25) is 0 Å². The van der Waals surface area contributed by atoms with Crippen LogP contribution in [0.15, 0.2) is 164 Å². The van der Waals surface area contributed by atoms with Crippen LogP contribution in [0.3, 0.4) is 0 Å². The van der Waals surface area contributed by atoms with Gasteiger partial charge in [-0.05, 0) is 102 Å². The summed E-state index contributed by atoms with van der Waals surface area (Å²) in [5.41, 5.74) is 11.3. The molecule has 8 aromatic rings. The smallest absolute Gasteiger partial charge is 0.0468 e. The SMILES string of the molecule is CC1(C)c2c(ccc3cc(N(c4ccccc4)c4ccc(-c5ccccc5)cc4)ccc23)-c2c1c1ccccc1c1ccccc21. The minimum absolute atomic E-state index is 0.151. The number of para-hydroxylation sites is 1. The molecule has 0 heterocycles. The number of hydrogen-bond donors (Lipinski definition) is 0. The fourth-order valence-corrected chi connectivity index (χ4v) is 7.99. The minimum Gasteiger partial charge on any atom is -0.310 e. The first-order valence-electron chi connectivity index (χ1n) is 16.1. The van der Waals surface area contributed by atoms with Gasteiger partial charge < -0.3 is 4.90 Å². The molecule has 0 radical (unpaired) electrons. The zero-order valence-corrected chi connectivity index (χ0v) is 26.0. The molecule has 0 unspecified atom stereocenters. The maximum atomic E-state index is 2.41. The number of benzene rings is 8. The van der Waals surface area contributed by atoms with Gasteiger partial charge in [0.15, 0.2) is 0 Å². The average molecular weight is 588 g/mol. The minimum atomic E-state index is -0.151. The molecule has 0 amide bonds. The Bertz CT molecular complexity index is 2420. The molecular formula is C45H33N. The Morgan fingerprint density at radius 2 is 0.935 bits per heavy atom. The first kappa shape index (κ1) is 26.7. The van der Waals surface area contributed by atoms with Gasteiger partial charge >= 0.3 is 0 Å². The molecule has 0 aliphatic heterocycles. The summed E-state index contributed by atoms with van der Waals surface area (Å²) in [7, 11) is 0. The van der Waals surface area contributed by atoms with Gasteiger partial charge in [0.25, 0.3) is 0 Å². The summed E-state index contributed by atoms with van der Waals surface area (Å²) >= 11 is 0. The van der Waals surface area contributed by atoms with Gasteiger partial charge in [-0.1, -0.05) is 141 Å². The van der Waals surface area contributed by atoms with E-state index in [0.29, 0.717) is 0 Å². The molecule has 0 N–H and O–H groups in total. The van der Waals surface area contributed by atoms with Crippen molar-refractivity contribution in [3.63, 3.8) is 0 Å². The summed E-state index contributed by atoms with van der Waals surface area (Å²) in [5, 5.41) is 7.94. The highest BCUT2D eigenvalue weighted by Crippen LogP contribution is 2.56. The monoisotopic (exact) mass is 587 g/mol. The Balaban J connectivity index is 1.22. The van der Waals surface area contributed by atoms with Crippen LogP contribution in [0.4, 0.5) is 17.1 Å². The summed E-state index contributed by atoms with van der Waals surface area (Å²) in [5.74, 6) is 0. The lowest BCUT2D eigenvalue weighted by atomic mass is 9.78. The highest BCUT2D eigenvalue weighted by atomic mass is 15.1. The van der Waals surface area contributed by atoms with Crippen molar-refractivity contribution in [3.8, 4) is 22.3 Å². The van der Waals surface area contributed by atoms with Gasteiger partial charge in [0, 0.05) is 22.5 Å². The standard InChI is InChI=1S/C45H33N/c1-45(2)43-36-28-26-35(46(33-15-7-4-8-16-33)34-24-21-31(22-25-34)30-13-5-3-6-14-30)29-32(36)23-27-41(43)42-39-19-11-9-17-37(39)38-18-10-12-20-40(38)44(42)45/h3-29H,1-2H3. The lowest BCUT2D eigenvalue weighted by Crippen LogP contribution is -2.16. The topological polar surface area (TPSA) is 3.24 Å². The van der Waals surface area contributed by atoms with Gasteiger partial charge in [-0.15, -0.1) is 0 Å². The van der Waals surface area contributed by atoms with Gasteiger partial charge in [-0.2, -0.15) is 0 Å². The summed E-state index contributed by atoms with van der Waals surface area (Å²) in [6.07, 6.45) is 0. The highest BCUT2D eigenvalue weighted by molar-refractivity contribution is 6.19. The quantitative estimate of drug-likeness (QED) is 0.185. The van der Waals surface area contributed by atoms with Crippen molar-refractivity contribution < 1.29 is 0 Å². The van der Waals surface area contributed by atoms with E-state index in [4.69, 9.17) is 0 Å². The molecule has 0 saturated carbocycles. The molecule has 0 atom stereocenters. The molecule has 1 nitrogen and oxygen atoms in total. The van der Waals surface area contributed by atoms with Crippen molar-refractivity contribution in [2.24, 2.45) is 0 Å². The van der Waals surface area contributed by atoms with E-state index in [-0.39, 0.29) is 5.41 Å². The van der Waals surface area contributed by atoms with E-state index in [9.17, 15) is 0 Å². The Labute approximate surface area is 270 Å². The largest absolute Gasteiger partial charge is 0.310 e. The Morgan fingerprint density at radius 1 is 0.391 bits per heavy atom. The van der Waals surface area contributed by atoms with Gasteiger partial charge in [-0.3, -0.25) is 0 Å². The average Bonchev–Trinajstić information content (AvgIpc) is 3.37. The zero-order chi connectivity index (χ0) is 30.8. The first-order chi connectivity index (χ1) is 22.6. The van der Waals surface area contributed by atoms with Crippen molar-refractivity contribution in [2.75, 3.05) is 4.90 Å². The summed E-state index contributed by atoms with van der Waals surface area (Å²) in [6.45, 7) is 4.83. The van der Waals surface area contributed by atoms with Gasteiger partial charge in [0.05, 0.1) is 0 Å². The van der Waals surface area contributed by atoms with E-state index in [1.807, 2.05) is 0 Å². The van der Waals surface area contributed by atoms with Gasteiger partial charge in [-0.25, -0.2) is 0 Å². The molecule has 0 fully saturated rings. The number of fused-ring (bicyclic) bond motifs is 10. The normalized spacial score (nSPS) is 13.2. The molecular weight excluding hydrogens is 555 g/mol. The molecule has 1 aliphatic rings. The molecule has 9 rings (SSSR count). The van der Waals surface area contributed by atoms with Crippen molar-refractivity contribution in [3.05, 3.63) is 175 Å². The second-order valence-electron chi connectivity index (χ2n) is 12.9. The van der Waals surface area contributed by atoms with E-state index < -0.39 is 0 Å². The number of hydrogen-bond acceptors (Lipinski definition) is 1. The second kappa shape index (κ2) is 10.2. The van der Waals surface area contributed by atoms with Crippen molar-refractivity contribution >= 4 is 49.4 Å². The molecule has 8 aromatic carbocycles. The predicted octanol–water partition coefficient (Wildman–Crippen LogP) is 12.6. The van der Waals surface area contributed by atoms with E-state index in [1.54, 1.807) is 0 Å². The summed E-state index contributed by atoms with van der Waals surface area (Å²) in [4.78, 5) is 2.36. The third-order valence-corrected chi connectivity index (χ3v) is 9.96. The molecule has 0 saturated heterocycles. The summed E-state index contributed by atoms with van der Waals surface area (Å²) in [6, 6.07) is 59.8. The molecule has 0 spiro atoms. The molecule has 0 bridgehead atoms. The maximum Gasteiger partial charge on any atom is 0.0468 e. The molecule has 218 valence electrons. The van der Waals surface area contributed by atoms with Crippen molar-refractivity contribution in [1.29, 1.82) is 0 Å². The van der Waals surface area contributed by atoms with E-state index >= 15 is 0 Å². The van der Waals surface area contributed by atoms with Crippen LogP contribution in [0.5, 0.6) is 0 Å². The maximum absolute atomic E-state index is 2.41. The van der Waals surface area contributed by atoms with Crippen LogP contribution in [-0.4, -0.2) is 0 Å². The lowest BCUT2D eigenvalue weighted by Gasteiger charge is -2.27. The molecule has 0 aromatic heterocycles. The van der Waals surface area contributed by atoms with E-state index in [2.05, 4.69) is 183 Å². The fourth-order valence-electron chi connectivity index (χ4n) is 7.99. The molecule has 1 aliphatic carbocycles. The van der Waals surface area contributed by atoms with Crippen LogP contribution < -0.4 is 4.90 Å². The van der Waals surface area contributed by atoms with Crippen LogP contribution in [-0.2, 0) is 5.41 Å². The first-order valence-corrected chi connectivity index (χ1v) is 16.1. The van der Waals surface area contributed by atoms with Crippen LogP contribution in [0, 0.1) is 0 Å². The van der Waals surface area contributed by atoms with E-state index in [0.717, 1.165) is 17.1 Å². The van der Waals surface area contributed by atoms with Crippen LogP contribution in [0.1, 0.15) is 25.0 Å². The van der Waals surface area contributed by atoms with E-state index in [1.165, 1.54) is 65.7 Å². The van der Waals surface area contributed by atoms with Crippen LogP contribution in [0.2, 0.25) is 0 Å². The number of anilines is 3. The van der Waals surface area contributed by atoms with Crippen molar-refractivity contribution in [2.45, 2.75) is 19.3 Å². The Hall–Kier alpha value is -5.66. The number of rotatable bonds is 4. The second-order valence-corrected chi connectivity index (χ2v) is 12.9. The van der Waals surface area contributed by atoms with Crippen molar-refractivity contribution in [1.82, 2.24) is 0 Å². The Kier molecular flexibility index (Phi) is 5.92. The Morgan fingerprint density at radius 3 is 1.65 bits per heavy atom.